The van der Waals surface area contributed by atoms with Gasteiger partial charge in [0.15, 0.2) is 0 Å². The minimum Gasteiger partial charge on any atom is -0.493 e. The summed E-state index contributed by atoms with van der Waals surface area (Å²) in [7, 11) is 2.03. The van der Waals surface area contributed by atoms with Crippen LogP contribution in [-0.2, 0) is 18.0 Å². The van der Waals surface area contributed by atoms with Gasteiger partial charge in [-0.2, -0.15) is 13.2 Å². The van der Waals surface area contributed by atoms with Crippen molar-refractivity contribution in [3.63, 3.8) is 0 Å². The molecule has 4 nitrogen and oxygen atoms in total. The van der Waals surface area contributed by atoms with Crippen molar-refractivity contribution in [2.45, 2.75) is 51.3 Å². The molecule has 0 N–H and O–H groups in total. The molecule has 3 unspecified atom stereocenters. The number of aryl methyl sites for hydroxylation is 2. The minimum atomic E-state index is -4.35. The Balaban J connectivity index is 1.28. The summed E-state index contributed by atoms with van der Waals surface area (Å²) in [6.45, 7) is 5.12. The van der Waals surface area contributed by atoms with Crippen LogP contribution >= 0.6 is 0 Å². The maximum atomic E-state index is 12.9. The molecule has 1 aliphatic rings. The molecule has 1 aliphatic carbocycles. The number of halogens is 3. The number of aromatic nitrogens is 2. The van der Waals surface area contributed by atoms with E-state index in [-0.39, 0.29) is 12.0 Å². The van der Waals surface area contributed by atoms with Crippen LogP contribution in [0.5, 0.6) is 5.75 Å². The van der Waals surface area contributed by atoms with E-state index in [4.69, 9.17) is 9.47 Å². The van der Waals surface area contributed by atoms with E-state index in [1.54, 1.807) is 0 Å². The third-order valence-corrected chi connectivity index (χ3v) is 7.65. The van der Waals surface area contributed by atoms with Gasteiger partial charge in [-0.15, -0.1) is 0 Å². The number of alkyl halides is 3. The van der Waals surface area contributed by atoms with Crippen LogP contribution in [0.15, 0.2) is 66.7 Å². The molecule has 1 fully saturated rings. The van der Waals surface area contributed by atoms with Crippen LogP contribution < -0.4 is 4.74 Å². The van der Waals surface area contributed by atoms with Crippen LogP contribution in [0.1, 0.15) is 49.1 Å². The summed E-state index contributed by atoms with van der Waals surface area (Å²) in [6.07, 6.45) is -1.44. The SMILES string of the molecule is CCOC1CC(COc2ccc(C(F)(F)F)cc2)CC(c2ccc(-c3ccc4c(c3)nc(C)n4C)cc2)C1. The van der Waals surface area contributed by atoms with Gasteiger partial charge >= 0.3 is 6.18 Å². The quantitative estimate of drug-likeness (QED) is 0.247. The van der Waals surface area contributed by atoms with Gasteiger partial charge in [-0.05, 0) is 98.0 Å². The molecule has 3 atom stereocenters. The molecule has 4 aromatic rings. The van der Waals surface area contributed by atoms with E-state index in [0.29, 0.717) is 24.9 Å². The van der Waals surface area contributed by atoms with Crippen molar-refractivity contribution < 1.29 is 22.6 Å². The topological polar surface area (TPSA) is 36.3 Å². The maximum Gasteiger partial charge on any atom is 0.416 e. The lowest BCUT2D eigenvalue weighted by atomic mass is 9.76. The van der Waals surface area contributed by atoms with Crippen LogP contribution in [0.25, 0.3) is 22.2 Å². The molecular weight excluding hydrogens is 489 g/mol. The van der Waals surface area contributed by atoms with Crippen LogP contribution in [0.3, 0.4) is 0 Å². The molecule has 0 amide bonds. The summed E-state index contributed by atoms with van der Waals surface area (Å²) in [4.78, 5) is 4.67. The summed E-state index contributed by atoms with van der Waals surface area (Å²) in [6, 6.07) is 20.1. The smallest absolute Gasteiger partial charge is 0.416 e. The molecule has 1 aromatic heterocycles. The third-order valence-electron chi connectivity index (χ3n) is 7.65. The normalized spacial score (nSPS) is 20.1. The van der Waals surface area contributed by atoms with E-state index in [1.807, 2.05) is 20.9 Å². The first-order valence-corrected chi connectivity index (χ1v) is 13.2. The van der Waals surface area contributed by atoms with Crippen LogP contribution in [0.2, 0.25) is 0 Å². The third kappa shape index (κ3) is 5.73. The van der Waals surface area contributed by atoms with E-state index in [2.05, 4.69) is 52.0 Å². The molecule has 0 aliphatic heterocycles. The monoisotopic (exact) mass is 522 g/mol. The average molecular weight is 523 g/mol. The second kappa shape index (κ2) is 10.8. The fourth-order valence-corrected chi connectivity index (χ4v) is 5.56. The number of rotatable bonds is 7. The first-order chi connectivity index (χ1) is 18.2. The second-order valence-corrected chi connectivity index (χ2v) is 10.2. The van der Waals surface area contributed by atoms with Gasteiger partial charge in [-0.1, -0.05) is 30.3 Å². The van der Waals surface area contributed by atoms with Crippen LogP contribution in [-0.4, -0.2) is 28.9 Å². The molecule has 0 bridgehead atoms. The average Bonchev–Trinajstić information content (AvgIpc) is 3.20. The Hall–Kier alpha value is -3.32. The van der Waals surface area contributed by atoms with Crippen molar-refractivity contribution >= 4 is 11.0 Å². The van der Waals surface area contributed by atoms with Crippen LogP contribution in [0.4, 0.5) is 13.2 Å². The Bertz CT molecular complexity index is 1380. The van der Waals surface area contributed by atoms with Gasteiger partial charge < -0.3 is 14.0 Å². The lowest BCUT2D eigenvalue weighted by Crippen LogP contribution is -2.30. The largest absolute Gasteiger partial charge is 0.493 e. The number of nitrogens with zero attached hydrogens (tertiary/aromatic N) is 2. The Morgan fingerprint density at radius 2 is 1.63 bits per heavy atom. The molecule has 5 rings (SSSR count). The molecule has 1 saturated carbocycles. The fourth-order valence-electron chi connectivity index (χ4n) is 5.56. The highest BCUT2D eigenvalue weighted by molar-refractivity contribution is 5.82. The molecule has 200 valence electrons. The number of fused-ring (bicyclic) bond motifs is 1. The minimum absolute atomic E-state index is 0.134. The maximum absolute atomic E-state index is 12.9. The van der Waals surface area contributed by atoms with Crippen molar-refractivity contribution in [1.29, 1.82) is 0 Å². The summed E-state index contributed by atoms with van der Waals surface area (Å²) >= 11 is 0. The zero-order valence-electron chi connectivity index (χ0n) is 22.0. The van der Waals surface area contributed by atoms with E-state index >= 15 is 0 Å². The molecule has 7 heteroatoms. The first kappa shape index (κ1) is 26.3. The van der Waals surface area contributed by atoms with Gasteiger partial charge in [0.05, 0.1) is 29.3 Å². The molecular formula is C31H33F3N2O2. The first-order valence-electron chi connectivity index (χ1n) is 13.2. The van der Waals surface area contributed by atoms with Crippen molar-refractivity contribution in [2.24, 2.45) is 13.0 Å². The highest BCUT2D eigenvalue weighted by Gasteiger charge is 2.32. The summed E-state index contributed by atoms with van der Waals surface area (Å²) in [5.41, 5.74) is 5.01. The predicted octanol–water partition coefficient (Wildman–Crippen LogP) is 7.94. The van der Waals surface area contributed by atoms with Gasteiger partial charge in [0.25, 0.3) is 0 Å². The van der Waals surface area contributed by atoms with Crippen LogP contribution in [0, 0.1) is 12.8 Å². The summed E-state index contributed by atoms with van der Waals surface area (Å²) < 4.78 is 52.6. The van der Waals surface area contributed by atoms with E-state index in [0.717, 1.165) is 59.4 Å². The van der Waals surface area contributed by atoms with E-state index in [9.17, 15) is 13.2 Å². The molecule has 3 aromatic carbocycles. The van der Waals surface area contributed by atoms with Crippen molar-refractivity contribution in [2.75, 3.05) is 13.2 Å². The Labute approximate surface area is 221 Å². The Morgan fingerprint density at radius 3 is 2.32 bits per heavy atom. The van der Waals surface area contributed by atoms with E-state index < -0.39 is 11.7 Å². The summed E-state index contributed by atoms with van der Waals surface area (Å²) in [5, 5.41) is 0. The fraction of sp³-hybridized carbons (Fsp3) is 0.387. The zero-order valence-corrected chi connectivity index (χ0v) is 22.0. The number of imidazole rings is 1. The molecule has 0 saturated heterocycles. The van der Waals surface area contributed by atoms with Gasteiger partial charge in [0, 0.05) is 13.7 Å². The van der Waals surface area contributed by atoms with Gasteiger partial charge in [0.1, 0.15) is 11.6 Å². The number of hydrogen-bond donors (Lipinski definition) is 0. The van der Waals surface area contributed by atoms with Gasteiger partial charge in [-0.3, -0.25) is 0 Å². The molecule has 0 radical (unpaired) electrons. The van der Waals surface area contributed by atoms with Crippen molar-refractivity contribution in [1.82, 2.24) is 9.55 Å². The second-order valence-electron chi connectivity index (χ2n) is 10.2. The van der Waals surface area contributed by atoms with Gasteiger partial charge in [0.2, 0.25) is 0 Å². The number of ether oxygens (including phenoxy) is 2. The molecule has 1 heterocycles. The predicted molar refractivity (Wildman–Crippen MR) is 143 cm³/mol. The van der Waals surface area contributed by atoms with Crippen molar-refractivity contribution in [3.8, 4) is 16.9 Å². The highest BCUT2D eigenvalue weighted by atomic mass is 19.4. The van der Waals surface area contributed by atoms with Crippen molar-refractivity contribution in [3.05, 3.63) is 83.7 Å². The van der Waals surface area contributed by atoms with E-state index in [1.165, 1.54) is 17.7 Å². The summed E-state index contributed by atoms with van der Waals surface area (Å²) in [5.74, 6) is 2.03. The lowest BCUT2D eigenvalue weighted by molar-refractivity contribution is -0.137. The molecule has 0 spiro atoms. The Morgan fingerprint density at radius 1 is 0.921 bits per heavy atom. The lowest BCUT2D eigenvalue weighted by Gasteiger charge is -2.35. The number of benzene rings is 3. The standard InChI is InChI=1S/C31H33F3N2O2/c1-4-37-28-16-21(19-38-27-12-10-26(11-13-27)31(32,33)34)15-25(17-28)23-7-5-22(6-8-23)24-9-14-30-29(18-24)35-20(2)36(30)3/h5-14,18,21,25,28H,4,15-17,19H2,1-3H3. The zero-order chi connectivity index (χ0) is 26.9. The highest BCUT2D eigenvalue weighted by Crippen LogP contribution is 2.39. The number of hydrogen-bond acceptors (Lipinski definition) is 3. The van der Waals surface area contributed by atoms with Gasteiger partial charge in [-0.25, -0.2) is 4.98 Å². The Kier molecular flexibility index (Phi) is 7.48. The molecule has 38 heavy (non-hydrogen) atoms.